The second kappa shape index (κ2) is 8.92. The normalized spacial score (nSPS) is 11.5. The number of ketones is 1. The van der Waals surface area contributed by atoms with Crippen molar-refractivity contribution < 1.29 is 17.9 Å². The van der Waals surface area contributed by atoms with Crippen molar-refractivity contribution in [2.45, 2.75) is 37.5 Å². The van der Waals surface area contributed by atoms with Gasteiger partial charge in [0.2, 0.25) is 10.0 Å². The highest BCUT2D eigenvalue weighted by molar-refractivity contribution is 7.89. The SMILES string of the molecule is CCCCC(=O)c1ccc(S(=O)(=O)NCCCOC)cc1. The number of unbranched alkanes of at least 4 members (excludes halogenated alkanes) is 1. The highest BCUT2D eigenvalue weighted by Gasteiger charge is 2.14. The molecule has 0 saturated heterocycles. The smallest absolute Gasteiger partial charge is 0.240 e. The summed E-state index contributed by atoms with van der Waals surface area (Å²) in [7, 11) is -1.94. The van der Waals surface area contributed by atoms with Crippen LogP contribution in [-0.2, 0) is 14.8 Å². The van der Waals surface area contributed by atoms with Crippen LogP contribution in [0.3, 0.4) is 0 Å². The maximum atomic E-state index is 12.0. The van der Waals surface area contributed by atoms with Crippen LogP contribution in [0, 0.1) is 0 Å². The summed E-state index contributed by atoms with van der Waals surface area (Å²) in [5.74, 6) is 0.0499. The third kappa shape index (κ3) is 5.95. The van der Waals surface area contributed by atoms with Gasteiger partial charge in [-0.15, -0.1) is 0 Å². The molecule has 0 atom stereocenters. The van der Waals surface area contributed by atoms with Crippen molar-refractivity contribution in [3.8, 4) is 0 Å². The monoisotopic (exact) mass is 313 g/mol. The molecular weight excluding hydrogens is 290 g/mol. The molecule has 0 aliphatic carbocycles. The molecule has 0 heterocycles. The fourth-order valence-corrected chi connectivity index (χ4v) is 2.88. The minimum absolute atomic E-state index is 0.0499. The highest BCUT2D eigenvalue weighted by atomic mass is 32.2. The zero-order valence-corrected chi connectivity index (χ0v) is 13.4. The van der Waals surface area contributed by atoms with E-state index in [9.17, 15) is 13.2 Å². The molecule has 0 aliphatic rings. The number of nitrogens with one attached hydrogen (secondary N) is 1. The molecule has 0 bridgehead atoms. The van der Waals surface area contributed by atoms with Crippen LogP contribution in [0.1, 0.15) is 43.0 Å². The third-order valence-corrected chi connectivity index (χ3v) is 4.54. The molecular formula is C15H23NO4S. The molecule has 0 amide bonds. The van der Waals surface area contributed by atoms with E-state index in [1.54, 1.807) is 19.2 Å². The van der Waals surface area contributed by atoms with E-state index in [4.69, 9.17) is 4.74 Å². The van der Waals surface area contributed by atoms with Crippen molar-refractivity contribution in [1.82, 2.24) is 4.72 Å². The Morgan fingerprint density at radius 1 is 1.19 bits per heavy atom. The Labute approximate surface area is 126 Å². The second-order valence-electron chi connectivity index (χ2n) is 4.80. The van der Waals surface area contributed by atoms with E-state index in [-0.39, 0.29) is 10.7 Å². The van der Waals surface area contributed by atoms with Gasteiger partial charge >= 0.3 is 0 Å². The van der Waals surface area contributed by atoms with Crippen molar-refractivity contribution in [3.63, 3.8) is 0 Å². The molecule has 0 aliphatic heterocycles. The minimum atomic E-state index is -3.52. The largest absolute Gasteiger partial charge is 0.385 e. The van der Waals surface area contributed by atoms with Gasteiger partial charge in [0.05, 0.1) is 4.90 Å². The average molecular weight is 313 g/mol. The maximum absolute atomic E-state index is 12.0. The number of carbonyl (C=O) groups is 1. The summed E-state index contributed by atoms with van der Waals surface area (Å²) in [4.78, 5) is 12.0. The number of sulfonamides is 1. The molecule has 0 spiro atoms. The molecule has 5 nitrogen and oxygen atoms in total. The summed E-state index contributed by atoms with van der Waals surface area (Å²) in [6, 6.07) is 6.08. The van der Waals surface area contributed by atoms with Crippen LogP contribution in [0.15, 0.2) is 29.2 Å². The van der Waals surface area contributed by atoms with Crippen LogP contribution < -0.4 is 4.72 Å². The lowest BCUT2D eigenvalue weighted by Crippen LogP contribution is -2.25. The summed E-state index contributed by atoms with van der Waals surface area (Å²) in [5, 5.41) is 0. The van der Waals surface area contributed by atoms with Gasteiger partial charge in [-0.1, -0.05) is 25.5 Å². The van der Waals surface area contributed by atoms with Gasteiger partial charge in [0.15, 0.2) is 5.78 Å². The summed E-state index contributed by atoms with van der Waals surface area (Å²) in [6.45, 7) is 2.86. The second-order valence-corrected chi connectivity index (χ2v) is 6.56. The quantitative estimate of drug-likeness (QED) is 0.532. The van der Waals surface area contributed by atoms with Crippen molar-refractivity contribution >= 4 is 15.8 Å². The molecule has 0 aromatic heterocycles. The van der Waals surface area contributed by atoms with E-state index in [2.05, 4.69) is 4.72 Å². The van der Waals surface area contributed by atoms with Gasteiger partial charge in [-0.2, -0.15) is 0 Å². The van der Waals surface area contributed by atoms with Gasteiger partial charge in [0, 0.05) is 32.2 Å². The Morgan fingerprint density at radius 3 is 2.43 bits per heavy atom. The summed E-state index contributed by atoms with van der Waals surface area (Å²) < 4.78 is 31.4. The molecule has 0 radical (unpaired) electrons. The number of rotatable bonds is 10. The minimum Gasteiger partial charge on any atom is -0.385 e. The molecule has 0 saturated carbocycles. The van der Waals surface area contributed by atoms with E-state index < -0.39 is 10.0 Å². The van der Waals surface area contributed by atoms with Crippen molar-refractivity contribution in [1.29, 1.82) is 0 Å². The fraction of sp³-hybridized carbons (Fsp3) is 0.533. The van der Waals surface area contributed by atoms with Crippen LogP contribution in [0.2, 0.25) is 0 Å². The van der Waals surface area contributed by atoms with Crippen LogP contribution >= 0.6 is 0 Å². The number of Topliss-reactive ketones (excluding diaryl/α,β-unsaturated/α-hetero) is 1. The molecule has 1 aromatic rings. The Bertz CT molecular complexity index is 537. The number of carbonyl (C=O) groups excluding carboxylic acids is 1. The van der Waals surface area contributed by atoms with Crippen molar-refractivity contribution in [3.05, 3.63) is 29.8 Å². The molecule has 21 heavy (non-hydrogen) atoms. The van der Waals surface area contributed by atoms with Gasteiger partial charge in [-0.3, -0.25) is 4.79 Å². The number of hydrogen-bond acceptors (Lipinski definition) is 4. The topological polar surface area (TPSA) is 72.5 Å². The van der Waals surface area contributed by atoms with E-state index in [1.807, 2.05) is 6.92 Å². The van der Waals surface area contributed by atoms with E-state index in [1.165, 1.54) is 12.1 Å². The summed E-state index contributed by atoms with van der Waals surface area (Å²) >= 11 is 0. The van der Waals surface area contributed by atoms with E-state index in [0.717, 1.165) is 12.8 Å². The number of methoxy groups -OCH3 is 1. The lowest BCUT2D eigenvalue weighted by atomic mass is 10.1. The molecule has 0 unspecified atom stereocenters. The molecule has 1 N–H and O–H groups in total. The first-order valence-corrected chi connectivity index (χ1v) is 8.61. The first-order chi connectivity index (χ1) is 10.0. The first kappa shape index (κ1) is 17.8. The average Bonchev–Trinajstić information content (AvgIpc) is 2.49. The Kier molecular flexibility index (Phi) is 7.56. The molecule has 6 heteroatoms. The Balaban J connectivity index is 2.66. The zero-order chi connectivity index (χ0) is 15.7. The van der Waals surface area contributed by atoms with Crippen molar-refractivity contribution in [2.75, 3.05) is 20.3 Å². The number of ether oxygens (including phenoxy) is 1. The molecule has 1 aromatic carbocycles. The maximum Gasteiger partial charge on any atom is 0.240 e. The number of hydrogen-bond donors (Lipinski definition) is 1. The third-order valence-electron chi connectivity index (χ3n) is 3.06. The Morgan fingerprint density at radius 2 is 1.86 bits per heavy atom. The van der Waals surface area contributed by atoms with Gasteiger partial charge in [0.1, 0.15) is 0 Å². The molecule has 1 rings (SSSR count). The highest BCUT2D eigenvalue weighted by Crippen LogP contribution is 2.13. The van der Waals surface area contributed by atoms with E-state index in [0.29, 0.717) is 31.6 Å². The van der Waals surface area contributed by atoms with Gasteiger partial charge in [-0.05, 0) is 25.0 Å². The number of benzene rings is 1. The van der Waals surface area contributed by atoms with Crippen LogP contribution in [0.4, 0.5) is 0 Å². The van der Waals surface area contributed by atoms with Gasteiger partial charge < -0.3 is 4.74 Å². The zero-order valence-electron chi connectivity index (χ0n) is 12.6. The lowest BCUT2D eigenvalue weighted by molar-refractivity contribution is 0.0979. The lowest BCUT2D eigenvalue weighted by Gasteiger charge is -2.07. The van der Waals surface area contributed by atoms with Gasteiger partial charge in [-0.25, -0.2) is 13.1 Å². The van der Waals surface area contributed by atoms with Crippen molar-refractivity contribution in [2.24, 2.45) is 0 Å². The summed E-state index contributed by atoms with van der Waals surface area (Å²) in [5.41, 5.74) is 0.557. The van der Waals surface area contributed by atoms with E-state index >= 15 is 0 Å². The standard InChI is InChI=1S/C15H23NO4S/c1-3-4-6-15(17)13-7-9-14(10-8-13)21(18,19)16-11-5-12-20-2/h7-10,16H,3-6,11-12H2,1-2H3. The Hall–Kier alpha value is -1.24. The van der Waals surface area contributed by atoms with Crippen LogP contribution in [-0.4, -0.2) is 34.5 Å². The fourth-order valence-electron chi connectivity index (χ4n) is 1.81. The predicted octanol–water partition coefficient (Wildman–Crippen LogP) is 2.37. The molecule has 0 fully saturated rings. The van der Waals surface area contributed by atoms with Crippen LogP contribution in [0.5, 0.6) is 0 Å². The summed E-state index contributed by atoms with van der Waals surface area (Å²) in [6.07, 6.45) is 2.92. The predicted molar refractivity (Wildman–Crippen MR) is 82.0 cm³/mol. The first-order valence-electron chi connectivity index (χ1n) is 7.13. The van der Waals surface area contributed by atoms with Crippen LogP contribution in [0.25, 0.3) is 0 Å². The van der Waals surface area contributed by atoms with Gasteiger partial charge in [0.25, 0.3) is 0 Å². The molecule has 118 valence electrons.